The van der Waals surface area contributed by atoms with Gasteiger partial charge in [0.1, 0.15) is 10.7 Å². The fraction of sp³-hybridized carbons (Fsp3) is 0.737. The van der Waals surface area contributed by atoms with Gasteiger partial charge in [-0.2, -0.15) is 0 Å². The number of fused-ring (bicyclic) bond motifs is 1. The average Bonchev–Trinajstić information content (AvgIpc) is 3.11. The summed E-state index contributed by atoms with van der Waals surface area (Å²) in [6, 6.07) is 0.306. The zero-order valence-electron chi connectivity index (χ0n) is 15.5. The number of carbonyl (C=O) groups is 1. The molecular weight excluding hydrogens is 332 g/mol. The third-order valence-corrected chi connectivity index (χ3v) is 6.43. The van der Waals surface area contributed by atoms with Crippen LogP contribution in [0.4, 0.5) is 0 Å². The zero-order valence-corrected chi connectivity index (χ0v) is 16.3. The Morgan fingerprint density at radius 3 is 2.08 bits per heavy atom. The highest BCUT2D eigenvalue weighted by Gasteiger charge is 2.21. The molecule has 25 heavy (non-hydrogen) atoms. The molecule has 2 aromatic rings. The molecule has 138 valence electrons. The highest BCUT2D eigenvalue weighted by molar-refractivity contribution is 7.19. The van der Waals surface area contributed by atoms with Gasteiger partial charge >= 0.3 is 0 Å². The summed E-state index contributed by atoms with van der Waals surface area (Å²) in [7, 11) is 0. The molecule has 0 saturated heterocycles. The molecule has 5 nitrogen and oxygen atoms in total. The smallest absolute Gasteiger partial charge is 0.263 e. The maximum Gasteiger partial charge on any atom is 0.263 e. The van der Waals surface area contributed by atoms with Crippen LogP contribution in [0.5, 0.6) is 0 Å². The zero-order chi connectivity index (χ0) is 17.6. The predicted octanol–water partition coefficient (Wildman–Crippen LogP) is 4.81. The van der Waals surface area contributed by atoms with Gasteiger partial charge in [-0.15, -0.1) is 10.2 Å². The molecule has 3 rings (SSSR count). The second kappa shape index (κ2) is 8.79. The van der Waals surface area contributed by atoms with Gasteiger partial charge in [0.25, 0.3) is 5.91 Å². The fourth-order valence-electron chi connectivity index (χ4n) is 3.83. The summed E-state index contributed by atoms with van der Waals surface area (Å²) in [6.45, 7) is 3.91. The van der Waals surface area contributed by atoms with Crippen molar-refractivity contribution in [2.45, 2.75) is 90.5 Å². The van der Waals surface area contributed by atoms with Gasteiger partial charge in [0.15, 0.2) is 0 Å². The first kappa shape index (κ1) is 18.4. The van der Waals surface area contributed by atoms with E-state index in [2.05, 4.69) is 15.5 Å². The molecule has 2 aromatic heterocycles. The number of aromatic nitrogens is 3. The lowest BCUT2D eigenvalue weighted by Crippen LogP contribution is -2.34. The van der Waals surface area contributed by atoms with Gasteiger partial charge < -0.3 is 5.32 Å². The van der Waals surface area contributed by atoms with E-state index in [0.717, 1.165) is 34.2 Å². The summed E-state index contributed by atoms with van der Waals surface area (Å²) in [5.74, 6) is 0.901. The van der Waals surface area contributed by atoms with Crippen LogP contribution in [0.15, 0.2) is 0 Å². The topological polar surface area (TPSA) is 59.3 Å². The molecule has 1 N–H and O–H groups in total. The second-order valence-electron chi connectivity index (χ2n) is 7.31. The standard InChI is InChI=1S/C19H30N4OS/c1-14-17(25-19-22-21-15(2)23(14)19)18(24)20-16-12-10-8-6-4-3-5-7-9-11-13-16/h16H,3-13H2,1-2H3,(H,20,24). The van der Waals surface area contributed by atoms with Gasteiger partial charge in [-0.1, -0.05) is 69.1 Å². The van der Waals surface area contributed by atoms with E-state index in [-0.39, 0.29) is 5.91 Å². The highest BCUT2D eigenvalue weighted by atomic mass is 32.1. The number of rotatable bonds is 2. The van der Waals surface area contributed by atoms with Gasteiger partial charge in [-0.25, -0.2) is 0 Å². The number of nitrogens with one attached hydrogen (secondary N) is 1. The van der Waals surface area contributed by atoms with Crippen molar-refractivity contribution < 1.29 is 4.79 Å². The summed E-state index contributed by atoms with van der Waals surface area (Å²) in [6.07, 6.45) is 14.1. The van der Waals surface area contributed by atoms with E-state index < -0.39 is 0 Å². The van der Waals surface area contributed by atoms with Crippen molar-refractivity contribution in [2.24, 2.45) is 0 Å². The van der Waals surface area contributed by atoms with Crippen LogP contribution in [0.1, 0.15) is 91.8 Å². The molecule has 0 aliphatic heterocycles. The van der Waals surface area contributed by atoms with Crippen molar-refractivity contribution in [3.8, 4) is 0 Å². The number of thiazole rings is 1. The average molecular weight is 363 g/mol. The number of carbonyl (C=O) groups excluding carboxylic acids is 1. The van der Waals surface area contributed by atoms with E-state index in [1.807, 2.05) is 18.2 Å². The highest BCUT2D eigenvalue weighted by Crippen LogP contribution is 2.23. The minimum Gasteiger partial charge on any atom is -0.349 e. The van der Waals surface area contributed by atoms with Crippen LogP contribution >= 0.6 is 11.3 Å². The van der Waals surface area contributed by atoms with Crippen LogP contribution in [0.2, 0.25) is 0 Å². The first-order chi connectivity index (χ1) is 12.2. The third-order valence-electron chi connectivity index (χ3n) is 5.30. The lowest BCUT2D eigenvalue weighted by molar-refractivity contribution is 0.0934. The Labute approximate surface area is 154 Å². The second-order valence-corrected chi connectivity index (χ2v) is 8.29. The van der Waals surface area contributed by atoms with Crippen LogP contribution in [0.3, 0.4) is 0 Å². The maximum atomic E-state index is 12.8. The quantitative estimate of drug-likeness (QED) is 0.834. The van der Waals surface area contributed by atoms with Gasteiger partial charge in [-0.05, 0) is 26.7 Å². The molecule has 1 aliphatic carbocycles. The van der Waals surface area contributed by atoms with Crippen molar-refractivity contribution in [2.75, 3.05) is 0 Å². The van der Waals surface area contributed by atoms with E-state index in [9.17, 15) is 4.79 Å². The van der Waals surface area contributed by atoms with Crippen LogP contribution in [-0.2, 0) is 0 Å². The molecule has 0 radical (unpaired) electrons. The molecule has 0 unspecified atom stereocenters. The summed E-state index contributed by atoms with van der Waals surface area (Å²) < 4.78 is 1.97. The monoisotopic (exact) mass is 362 g/mol. The van der Waals surface area contributed by atoms with Crippen LogP contribution < -0.4 is 5.32 Å². The Balaban J connectivity index is 1.64. The molecule has 1 aliphatic rings. The van der Waals surface area contributed by atoms with Crippen molar-refractivity contribution in [1.29, 1.82) is 0 Å². The SMILES string of the molecule is Cc1nnc2sc(C(=O)NC3CCCCCCCCCCC3)c(C)n12. The first-order valence-electron chi connectivity index (χ1n) is 9.79. The number of hydrogen-bond acceptors (Lipinski definition) is 4. The Morgan fingerprint density at radius 1 is 0.960 bits per heavy atom. The number of aryl methyl sites for hydroxylation is 2. The van der Waals surface area contributed by atoms with E-state index in [1.54, 1.807) is 0 Å². The molecule has 0 spiro atoms. The van der Waals surface area contributed by atoms with Gasteiger partial charge in [-0.3, -0.25) is 9.20 Å². The van der Waals surface area contributed by atoms with E-state index in [4.69, 9.17) is 0 Å². The van der Waals surface area contributed by atoms with Crippen molar-refractivity contribution in [3.05, 3.63) is 16.4 Å². The van der Waals surface area contributed by atoms with E-state index >= 15 is 0 Å². The minimum atomic E-state index is 0.0597. The number of hydrogen-bond donors (Lipinski definition) is 1. The van der Waals surface area contributed by atoms with E-state index in [1.165, 1.54) is 69.1 Å². The van der Waals surface area contributed by atoms with Crippen LogP contribution in [0.25, 0.3) is 4.96 Å². The van der Waals surface area contributed by atoms with Crippen molar-refractivity contribution in [1.82, 2.24) is 19.9 Å². The first-order valence-corrected chi connectivity index (χ1v) is 10.6. The van der Waals surface area contributed by atoms with E-state index in [0.29, 0.717) is 6.04 Å². The summed E-state index contributed by atoms with van der Waals surface area (Å²) in [5.41, 5.74) is 0.952. The largest absolute Gasteiger partial charge is 0.349 e. The molecule has 1 saturated carbocycles. The lowest BCUT2D eigenvalue weighted by Gasteiger charge is -2.19. The van der Waals surface area contributed by atoms with Crippen molar-refractivity contribution >= 4 is 22.2 Å². The molecule has 0 atom stereocenters. The maximum absolute atomic E-state index is 12.8. The molecular formula is C19H30N4OS. The fourth-order valence-corrected chi connectivity index (χ4v) is 4.85. The Hall–Kier alpha value is -1.43. The Morgan fingerprint density at radius 2 is 1.52 bits per heavy atom. The normalized spacial score (nSPS) is 18.6. The number of nitrogens with zero attached hydrogens (tertiary/aromatic N) is 3. The molecule has 2 heterocycles. The van der Waals surface area contributed by atoms with Crippen LogP contribution in [-0.4, -0.2) is 26.5 Å². The van der Waals surface area contributed by atoms with Crippen molar-refractivity contribution in [3.63, 3.8) is 0 Å². The summed E-state index contributed by atoms with van der Waals surface area (Å²) in [4.78, 5) is 14.4. The Kier molecular flexibility index (Phi) is 6.45. The molecule has 1 amide bonds. The Bertz CT molecular complexity index is 694. The van der Waals surface area contributed by atoms with Gasteiger partial charge in [0.2, 0.25) is 4.96 Å². The molecule has 6 heteroatoms. The molecule has 1 fully saturated rings. The molecule has 0 bridgehead atoms. The minimum absolute atomic E-state index is 0.0597. The lowest BCUT2D eigenvalue weighted by atomic mass is 9.98. The number of amides is 1. The van der Waals surface area contributed by atoms with Gasteiger partial charge in [0.05, 0.1) is 0 Å². The predicted molar refractivity (Wildman–Crippen MR) is 102 cm³/mol. The molecule has 0 aromatic carbocycles. The van der Waals surface area contributed by atoms with Gasteiger partial charge in [0, 0.05) is 11.7 Å². The summed E-state index contributed by atoms with van der Waals surface area (Å²) in [5, 5.41) is 11.5. The van der Waals surface area contributed by atoms with Crippen LogP contribution in [0, 0.1) is 13.8 Å². The third kappa shape index (κ3) is 4.60. The summed E-state index contributed by atoms with van der Waals surface area (Å²) >= 11 is 1.44.